The molecule has 0 N–H and O–H groups in total. The molecule has 174 valence electrons. The Hall–Kier alpha value is -2.58. The molecule has 0 unspecified atom stereocenters. The molecular weight excluding hydrogens is 441 g/mol. The van der Waals surface area contributed by atoms with E-state index in [4.69, 9.17) is 9.15 Å². The minimum absolute atomic E-state index is 0.0590. The lowest BCUT2D eigenvalue weighted by Gasteiger charge is -2.41. The van der Waals surface area contributed by atoms with E-state index in [1.54, 1.807) is 18.2 Å². The summed E-state index contributed by atoms with van der Waals surface area (Å²) in [4.78, 5) is 21.6. The molecule has 33 heavy (non-hydrogen) atoms. The van der Waals surface area contributed by atoms with Crippen LogP contribution in [-0.4, -0.2) is 64.8 Å². The number of aromatic nitrogens is 1. The molecule has 5 rings (SSSR count). The molecule has 0 aliphatic carbocycles. The Morgan fingerprint density at radius 2 is 1.76 bits per heavy atom. The van der Waals surface area contributed by atoms with E-state index in [0.29, 0.717) is 22.8 Å². The lowest BCUT2D eigenvalue weighted by Crippen LogP contribution is -2.50. The van der Waals surface area contributed by atoms with Gasteiger partial charge in [0.15, 0.2) is 17.1 Å². The van der Waals surface area contributed by atoms with Crippen LogP contribution in [0.1, 0.15) is 25.7 Å². The van der Waals surface area contributed by atoms with Gasteiger partial charge in [-0.05, 0) is 49.9 Å². The molecule has 3 aromatic rings. The van der Waals surface area contributed by atoms with E-state index in [1.807, 2.05) is 29.2 Å². The Labute approximate surface area is 197 Å². The summed E-state index contributed by atoms with van der Waals surface area (Å²) in [5.74, 6) is 0.526. The van der Waals surface area contributed by atoms with Gasteiger partial charge in [-0.25, -0.2) is 9.37 Å². The van der Waals surface area contributed by atoms with Gasteiger partial charge >= 0.3 is 0 Å². The van der Waals surface area contributed by atoms with Crippen LogP contribution in [0.3, 0.4) is 0 Å². The average molecular weight is 470 g/mol. The molecule has 2 fully saturated rings. The molecule has 3 heterocycles. The van der Waals surface area contributed by atoms with Crippen LogP contribution in [0.25, 0.3) is 11.1 Å². The summed E-state index contributed by atoms with van der Waals surface area (Å²) >= 11 is 1.36. The Morgan fingerprint density at radius 3 is 2.52 bits per heavy atom. The zero-order chi connectivity index (χ0) is 22.6. The summed E-state index contributed by atoms with van der Waals surface area (Å²) in [5, 5.41) is 0.542. The summed E-state index contributed by atoms with van der Waals surface area (Å²) in [5.41, 5.74) is 1.56. The van der Waals surface area contributed by atoms with Gasteiger partial charge < -0.3 is 14.1 Å². The minimum atomic E-state index is -0.300. The number of amides is 1. The molecule has 2 aliphatic heterocycles. The highest BCUT2D eigenvalue weighted by Gasteiger charge is 2.30. The maximum Gasteiger partial charge on any atom is 0.257 e. The second kappa shape index (κ2) is 10.1. The van der Waals surface area contributed by atoms with Crippen LogP contribution in [-0.2, 0) is 4.79 Å². The molecule has 0 radical (unpaired) electrons. The van der Waals surface area contributed by atoms with E-state index >= 15 is 0 Å². The first-order valence-corrected chi connectivity index (χ1v) is 12.6. The van der Waals surface area contributed by atoms with Gasteiger partial charge in [0.2, 0.25) is 5.91 Å². The number of ether oxygens (including phenoxy) is 1. The fourth-order valence-electron chi connectivity index (χ4n) is 4.69. The van der Waals surface area contributed by atoms with Gasteiger partial charge in [0.1, 0.15) is 11.6 Å². The van der Waals surface area contributed by atoms with Crippen LogP contribution in [0.15, 0.2) is 58.2 Å². The first kappa shape index (κ1) is 22.2. The third-order valence-electron chi connectivity index (χ3n) is 6.53. The Balaban J connectivity index is 1.04. The van der Waals surface area contributed by atoms with Gasteiger partial charge in [0.05, 0.1) is 5.75 Å². The number of likely N-dealkylation sites (tertiary alicyclic amines) is 2. The summed E-state index contributed by atoms with van der Waals surface area (Å²) < 4.78 is 25.4. The van der Waals surface area contributed by atoms with Crippen LogP contribution >= 0.6 is 11.8 Å². The molecule has 8 heteroatoms. The van der Waals surface area contributed by atoms with Gasteiger partial charge in [0, 0.05) is 32.2 Å². The highest BCUT2D eigenvalue weighted by Crippen LogP contribution is 2.27. The van der Waals surface area contributed by atoms with Crippen LogP contribution in [0.4, 0.5) is 4.39 Å². The van der Waals surface area contributed by atoms with E-state index in [1.165, 1.54) is 17.8 Å². The highest BCUT2D eigenvalue weighted by molar-refractivity contribution is 7.99. The van der Waals surface area contributed by atoms with E-state index in [2.05, 4.69) is 9.88 Å². The number of carbonyl (C=O) groups excluding carboxylic acids is 1. The van der Waals surface area contributed by atoms with Gasteiger partial charge in [-0.2, -0.15) is 0 Å². The molecule has 0 saturated carbocycles. The lowest BCUT2D eigenvalue weighted by molar-refractivity contribution is -0.130. The van der Waals surface area contributed by atoms with Crippen molar-refractivity contribution in [3.8, 4) is 5.75 Å². The van der Waals surface area contributed by atoms with Crippen molar-refractivity contribution in [2.45, 2.75) is 43.1 Å². The number of hydrogen-bond donors (Lipinski definition) is 0. The average Bonchev–Trinajstić information content (AvgIpc) is 3.28. The number of oxazole rings is 1. The Kier molecular flexibility index (Phi) is 6.83. The fraction of sp³-hybridized carbons (Fsp3) is 0.440. The minimum Gasteiger partial charge on any atom is -0.487 e. The molecule has 2 saturated heterocycles. The van der Waals surface area contributed by atoms with Gasteiger partial charge in [-0.3, -0.25) is 9.69 Å². The zero-order valence-corrected chi connectivity index (χ0v) is 19.3. The summed E-state index contributed by atoms with van der Waals surface area (Å²) in [6, 6.07) is 14.7. The number of benzene rings is 2. The quantitative estimate of drug-likeness (QED) is 0.492. The number of nitrogens with zero attached hydrogens (tertiary/aromatic N) is 3. The third kappa shape index (κ3) is 5.33. The van der Waals surface area contributed by atoms with Crippen molar-refractivity contribution in [3.05, 3.63) is 54.3 Å². The van der Waals surface area contributed by atoms with Crippen LogP contribution in [0.2, 0.25) is 0 Å². The first-order chi connectivity index (χ1) is 16.2. The Morgan fingerprint density at radius 1 is 1.03 bits per heavy atom. The molecule has 1 amide bonds. The standard InChI is InChI=1S/C25H28FN3O3S/c26-20-5-1-3-7-22(20)31-19-11-15-28(16-12-19)18-9-13-29(14-10-18)24(30)17-33-25-27-21-6-2-4-8-23(21)32-25/h1-8,18-19H,9-17H2. The molecule has 1 aromatic heterocycles. The molecular formula is C25H28FN3O3S. The molecule has 0 atom stereocenters. The van der Waals surface area contributed by atoms with E-state index < -0.39 is 0 Å². The van der Waals surface area contributed by atoms with Crippen LogP contribution in [0, 0.1) is 5.82 Å². The summed E-state index contributed by atoms with van der Waals surface area (Å²) in [6.07, 6.45) is 3.82. The monoisotopic (exact) mass is 469 g/mol. The predicted octanol–water partition coefficient (Wildman–Crippen LogP) is 4.59. The maximum absolute atomic E-state index is 13.8. The number of piperidine rings is 2. The number of hydrogen-bond acceptors (Lipinski definition) is 6. The van der Waals surface area contributed by atoms with Gasteiger partial charge in [-0.15, -0.1) is 0 Å². The SMILES string of the molecule is O=C(CSc1nc2ccccc2o1)N1CCC(N2CCC(Oc3ccccc3F)CC2)CC1. The van der Waals surface area contributed by atoms with E-state index in [9.17, 15) is 9.18 Å². The molecule has 2 aliphatic rings. The maximum atomic E-state index is 13.8. The molecule has 6 nitrogen and oxygen atoms in total. The summed E-state index contributed by atoms with van der Waals surface area (Å²) in [7, 11) is 0. The number of para-hydroxylation sites is 3. The zero-order valence-electron chi connectivity index (χ0n) is 18.5. The Bertz CT molecular complexity index is 1060. The highest BCUT2D eigenvalue weighted by atomic mass is 32.2. The molecule has 2 aromatic carbocycles. The first-order valence-electron chi connectivity index (χ1n) is 11.6. The van der Waals surface area contributed by atoms with Gasteiger partial charge in [-0.1, -0.05) is 36.0 Å². The number of fused-ring (bicyclic) bond motifs is 1. The van der Waals surface area contributed by atoms with Crippen molar-refractivity contribution in [1.29, 1.82) is 0 Å². The lowest BCUT2D eigenvalue weighted by atomic mass is 9.99. The van der Waals surface area contributed by atoms with E-state index in [-0.39, 0.29) is 17.8 Å². The van der Waals surface area contributed by atoms with E-state index in [0.717, 1.165) is 63.0 Å². The van der Waals surface area contributed by atoms with Crippen LogP contribution < -0.4 is 4.74 Å². The number of halogens is 1. The van der Waals surface area contributed by atoms with Crippen molar-refractivity contribution in [3.63, 3.8) is 0 Å². The topological polar surface area (TPSA) is 58.8 Å². The molecule has 0 bridgehead atoms. The normalized spacial score (nSPS) is 18.6. The number of rotatable bonds is 6. The predicted molar refractivity (Wildman–Crippen MR) is 126 cm³/mol. The van der Waals surface area contributed by atoms with Crippen molar-refractivity contribution in [2.24, 2.45) is 0 Å². The largest absolute Gasteiger partial charge is 0.487 e. The van der Waals surface area contributed by atoms with Crippen molar-refractivity contribution < 1.29 is 18.3 Å². The molecule has 0 spiro atoms. The summed E-state index contributed by atoms with van der Waals surface area (Å²) in [6.45, 7) is 3.46. The van der Waals surface area contributed by atoms with Crippen LogP contribution in [0.5, 0.6) is 5.75 Å². The third-order valence-corrected chi connectivity index (χ3v) is 7.35. The number of thioether (sulfide) groups is 1. The number of carbonyl (C=O) groups is 1. The van der Waals surface area contributed by atoms with Crippen molar-refractivity contribution in [1.82, 2.24) is 14.8 Å². The van der Waals surface area contributed by atoms with Crippen molar-refractivity contribution in [2.75, 3.05) is 31.9 Å². The smallest absolute Gasteiger partial charge is 0.257 e. The second-order valence-corrected chi connectivity index (χ2v) is 9.56. The van der Waals surface area contributed by atoms with Crippen molar-refractivity contribution >= 4 is 28.8 Å². The fourth-order valence-corrected chi connectivity index (χ4v) is 5.43. The van der Waals surface area contributed by atoms with Gasteiger partial charge in [0.25, 0.3) is 5.22 Å². The second-order valence-electron chi connectivity index (χ2n) is 8.63.